The van der Waals surface area contributed by atoms with Gasteiger partial charge in [-0.25, -0.2) is 13.4 Å². The Morgan fingerprint density at radius 3 is 3.04 bits per heavy atom. The largest absolute Gasteiger partial charge is 0.497 e. The van der Waals surface area contributed by atoms with Gasteiger partial charge in [-0.1, -0.05) is 12.1 Å². The second-order valence-corrected chi connectivity index (χ2v) is 8.64. The van der Waals surface area contributed by atoms with Gasteiger partial charge in [-0.3, -0.25) is 4.79 Å². The third-order valence-electron chi connectivity index (χ3n) is 4.87. The maximum absolute atomic E-state index is 12.9. The summed E-state index contributed by atoms with van der Waals surface area (Å²) in [5.74, 6) is 0.216. The number of hydrogen-bond donors (Lipinski definition) is 1. The summed E-state index contributed by atoms with van der Waals surface area (Å²) in [7, 11) is -1.93. The van der Waals surface area contributed by atoms with Crippen molar-refractivity contribution in [3.05, 3.63) is 30.0 Å². The molecule has 2 aliphatic rings. The number of fused-ring (bicyclic) bond motifs is 1. The van der Waals surface area contributed by atoms with Gasteiger partial charge in [-0.2, -0.15) is 0 Å². The summed E-state index contributed by atoms with van der Waals surface area (Å²) in [4.78, 5) is 17.2. The molecule has 0 spiro atoms. The summed E-state index contributed by atoms with van der Waals surface area (Å²) in [6.45, 7) is 1.32. The number of carbonyl (C=O) groups excluding carboxylic acids is 1. The van der Waals surface area contributed by atoms with E-state index in [0.717, 1.165) is 12.8 Å². The molecule has 0 radical (unpaired) electrons. The molecule has 1 aromatic carbocycles. The molecule has 1 saturated heterocycles. The van der Waals surface area contributed by atoms with Crippen molar-refractivity contribution in [3.8, 4) is 17.0 Å². The van der Waals surface area contributed by atoms with Crippen molar-refractivity contribution >= 4 is 15.7 Å². The van der Waals surface area contributed by atoms with Crippen LogP contribution in [-0.2, 0) is 21.1 Å². The number of sulfone groups is 1. The van der Waals surface area contributed by atoms with Crippen LogP contribution < -0.4 is 10.1 Å². The lowest BCUT2D eigenvalue weighted by Gasteiger charge is -2.12. The number of benzene rings is 1. The third-order valence-corrected chi connectivity index (χ3v) is 6.45. The van der Waals surface area contributed by atoms with Crippen molar-refractivity contribution in [1.82, 2.24) is 14.9 Å². The van der Waals surface area contributed by atoms with Crippen molar-refractivity contribution in [2.45, 2.75) is 30.6 Å². The van der Waals surface area contributed by atoms with Crippen LogP contribution in [0.5, 0.6) is 5.75 Å². The average molecular weight is 391 g/mol. The van der Waals surface area contributed by atoms with E-state index in [1.54, 1.807) is 31.4 Å². The molecule has 0 bridgehead atoms. The first-order valence-electron chi connectivity index (χ1n) is 8.87. The molecule has 1 aromatic heterocycles. The molecule has 1 N–H and O–H groups in total. The van der Waals surface area contributed by atoms with E-state index in [4.69, 9.17) is 9.47 Å². The molecular formula is C18H21N3O5S. The molecule has 4 rings (SSSR count). The van der Waals surface area contributed by atoms with E-state index >= 15 is 0 Å². The van der Waals surface area contributed by atoms with E-state index in [9.17, 15) is 13.2 Å². The molecule has 1 fully saturated rings. The minimum absolute atomic E-state index is 0.000998. The molecule has 0 saturated carbocycles. The number of nitrogens with zero attached hydrogens (tertiary/aromatic N) is 2. The van der Waals surface area contributed by atoms with Gasteiger partial charge >= 0.3 is 0 Å². The van der Waals surface area contributed by atoms with Crippen LogP contribution in [0, 0.1) is 0 Å². The lowest BCUT2D eigenvalue weighted by molar-refractivity contribution is 0.0850. The quantitative estimate of drug-likeness (QED) is 0.824. The fraction of sp³-hybridized carbons (Fsp3) is 0.444. The molecule has 9 heteroatoms. The van der Waals surface area contributed by atoms with Gasteiger partial charge in [0.2, 0.25) is 15.0 Å². The third kappa shape index (κ3) is 3.32. The molecule has 1 atom stereocenters. The number of aromatic nitrogens is 2. The Morgan fingerprint density at radius 1 is 1.44 bits per heavy atom. The zero-order valence-corrected chi connectivity index (χ0v) is 15.8. The van der Waals surface area contributed by atoms with Crippen molar-refractivity contribution in [1.29, 1.82) is 0 Å². The van der Waals surface area contributed by atoms with Crippen molar-refractivity contribution in [3.63, 3.8) is 0 Å². The molecule has 8 nitrogen and oxygen atoms in total. The van der Waals surface area contributed by atoms with Crippen LogP contribution in [0.1, 0.15) is 23.3 Å². The predicted octanol–water partition coefficient (Wildman–Crippen LogP) is 1.25. The number of amides is 1. The van der Waals surface area contributed by atoms with Crippen molar-refractivity contribution in [2.24, 2.45) is 0 Å². The Balaban J connectivity index is 1.73. The number of hydrogen-bond acceptors (Lipinski definition) is 6. The predicted molar refractivity (Wildman–Crippen MR) is 97.6 cm³/mol. The van der Waals surface area contributed by atoms with E-state index in [1.165, 1.54) is 4.57 Å². The van der Waals surface area contributed by atoms with Gasteiger partial charge in [0.25, 0.3) is 5.91 Å². The van der Waals surface area contributed by atoms with E-state index in [2.05, 4.69) is 10.3 Å². The Labute approximate surface area is 157 Å². The lowest BCUT2D eigenvalue weighted by Crippen LogP contribution is -2.33. The second kappa shape index (κ2) is 6.97. The molecule has 3 heterocycles. The fourth-order valence-electron chi connectivity index (χ4n) is 3.48. The Hall–Kier alpha value is -2.39. The van der Waals surface area contributed by atoms with Gasteiger partial charge in [0.15, 0.2) is 0 Å². The highest BCUT2D eigenvalue weighted by molar-refractivity contribution is 7.91. The maximum Gasteiger partial charge on any atom is 0.270 e. The summed E-state index contributed by atoms with van der Waals surface area (Å²) in [5, 5.41) is 2.82. The minimum Gasteiger partial charge on any atom is -0.497 e. The topological polar surface area (TPSA) is 99.5 Å². The highest BCUT2D eigenvalue weighted by Gasteiger charge is 2.35. The van der Waals surface area contributed by atoms with Crippen LogP contribution in [0.15, 0.2) is 29.4 Å². The van der Waals surface area contributed by atoms with E-state index < -0.39 is 9.84 Å². The van der Waals surface area contributed by atoms with Gasteiger partial charge in [0, 0.05) is 25.3 Å². The maximum atomic E-state index is 12.9. The molecule has 2 aromatic rings. The molecule has 0 aliphatic carbocycles. The summed E-state index contributed by atoms with van der Waals surface area (Å²) >= 11 is 0. The first-order valence-corrected chi connectivity index (χ1v) is 10.5. The number of carbonyl (C=O) groups is 1. The standard InChI is InChI=1S/C18H21N3O5S/c1-25-13-5-2-4-12(10-13)15-16(17(22)19-11-14-6-3-8-26-14)21-7-9-27(23,24)18(21)20-15/h2,4-5,10,14H,3,6-9,11H2,1H3,(H,19,22)/t14-/m1/s1. The Kier molecular flexibility index (Phi) is 4.65. The smallest absolute Gasteiger partial charge is 0.270 e. The van der Waals surface area contributed by atoms with Gasteiger partial charge in [0.05, 0.1) is 19.0 Å². The summed E-state index contributed by atoms with van der Waals surface area (Å²) in [6, 6.07) is 7.08. The minimum atomic E-state index is -3.48. The molecular weight excluding hydrogens is 370 g/mol. The highest BCUT2D eigenvalue weighted by Crippen LogP contribution is 2.31. The number of nitrogens with one attached hydrogen (secondary N) is 1. The van der Waals surface area contributed by atoms with Crippen LogP contribution in [0.2, 0.25) is 0 Å². The van der Waals surface area contributed by atoms with Crippen molar-refractivity contribution in [2.75, 3.05) is 26.0 Å². The normalized spacial score (nSPS) is 20.4. The first-order chi connectivity index (χ1) is 13.0. The molecule has 144 valence electrons. The lowest BCUT2D eigenvalue weighted by atomic mass is 10.1. The molecule has 0 unspecified atom stereocenters. The van der Waals surface area contributed by atoms with Gasteiger partial charge in [-0.15, -0.1) is 0 Å². The Bertz CT molecular complexity index is 977. The van der Waals surface area contributed by atoms with E-state index in [0.29, 0.717) is 30.2 Å². The molecule has 1 amide bonds. The summed E-state index contributed by atoms with van der Waals surface area (Å²) in [5.41, 5.74) is 1.24. The summed E-state index contributed by atoms with van der Waals surface area (Å²) in [6.07, 6.45) is 1.89. The van der Waals surface area contributed by atoms with Gasteiger partial charge < -0.3 is 19.4 Å². The zero-order chi connectivity index (χ0) is 19.0. The fourth-order valence-corrected chi connectivity index (χ4v) is 4.83. The summed E-state index contributed by atoms with van der Waals surface area (Å²) < 4.78 is 36.9. The number of imidazole rings is 1. The Morgan fingerprint density at radius 2 is 2.30 bits per heavy atom. The van der Waals surface area contributed by atoms with Gasteiger partial charge in [-0.05, 0) is 25.0 Å². The van der Waals surface area contributed by atoms with Crippen LogP contribution in [0.3, 0.4) is 0 Å². The number of methoxy groups -OCH3 is 1. The van der Waals surface area contributed by atoms with Crippen LogP contribution in [0.4, 0.5) is 0 Å². The monoisotopic (exact) mass is 391 g/mol. The van der Waals surface area contributed by atoms with Crippen LogP contribution in [0.25, 0.3) is 11.3 Å². The van der Waals surface area contributed by atoms with Crippen LogP contribution in [-0.4, -0.2) is 56.0 Å². The second-order valence-electron chi connectivity index (χ2n) is 6.64. The SMILES string of the molecule is COc1cccc(-c2nc3n(c2C(=O)NC[C@H]2CCCO2)CCS3(=O)=O)c1. The molecule has 27 heavy (non-hydrogen) atoms. The van der Waals surface area contributed by atoms with Crippen LogP contribution >= 0.6 is 0 Å². The van der Waals surface area contributed by atoms with E-state index in [-0.39, 0.29) is 35.2 Å². The first kappa shape index (κ1) is 18.0. The zero-order valence-electron chi connectivity index (χ0n) is 15.0. The van der Waals surface area contributed by atoms with Crippen molar-refractivity contribution < 1.29 is 22.7 Å². The molecule has 2 aliphatic heterocycles. The number of ether oxygens (including phenoxy) is 2. The van der Waals surface area contributed by atoms with E-state index in [1.807, 2.05) is 0 Å². The average Bonchev–Trinajstić information content (AvgIpc) is 3.37. The number of rotatable bonds is 5. The highest BCUT2D eigenvalue weighted by atomic mass is 32.2. The van der Waals surface area contributed by atoms with Gasteiger partial charge in [0.1, 0.15) is 17.1 Å².